The van der Waals surface area contributed by atoms with Gasteiger partial charge in [-0.05, 0) is 36.8 Å². The molecule has 0 saturated carbocycles. The summed E-state index contributed by atoms with van der Waals surface area (Å²) < 4.78 is 18.0. The second-order valence-electron chi connectivity index (χ2n) is 5.75. The van der Waals surface area contributed by atoms with Crippen molar-refractivity contribution in [3.8, 4) is 17.2 Å². The molecule has 0 radical (unpaired) electrons. The first-order valence-corrected chi connectivity index (χ1v) is 9.43. The normalized spacial score (nSPS) is 10.6. The molecule has 0 bridgehead atoms. The van der Waals surface area contributed by atoms with Gasteiger partial charge in [-0.15, -0.1) is 10.2 Å². The zero-order valence-electron chi connectivity index (χ0n) is 15.3. The summed E-state index contributed by atoms with van der Waals surface area (Å²) in [6, 6.07) is 15.3. The number of hydrogen-bond donors (Lipinski definition) is 1. The Balaban J connectivity index is 1.48. The van der Waals surface area contributed by atoms with Gasteiger partial charge >= 0.3 is 0 Å². The number of ether oxygens (including phenoxy) is 3. The van der Waals surface area contributed by atoms with E-state index in [1.807, 2.05) is 49.4 Å². The molecule has 0 atom stereocenters. The molecule has 1 aromatic heterocycles. The summed E-state index contributed by atoms with van der Waals surface area (Å²) in [4.78, 5) is 0. The minimum absolute atomic E-state index is 0.219. The molecule has 7 nitrogen and oxygen atoms in total. The minimum atomic E-state index is 0.219. The number of aromatic nitrogens is 3. The Morgan fingerprint density at radius 3 is 2.52 bits per heavy atom. The summed E-state index contributed by atoms with van der Waals surface area (Å²) in [5, 5.41) is 8.82. The predicted octanol–water partition coefficient (Wildman–Crippen LogP) is 3.06. The molecule has 3 rings (SSSR count). The van der Waals surface area contributed by atoms with Crippen LogP contribution in [0.2, 0.25) is 0 Å². The van der Waals surface area contributed by atoms with Crippen molar-refractivity contribution >= 4 is 11.8 Å². The summed E-state index contributed by atoms with van der Waals surface area (Å²) in [6.45, 7) is 2.81. The van der Waals surface area contributed by atoms with E-state index in [4.69, 9.17) is 20.1 Å². The molecule has 3 aromatic rings. The smallest absolute Gasteiger partial charge is 0.210 e. The summed E-state index contributed by atoms with van der Waals surface area (Å²) in [5.74, 6) is 9.58. The summed E-state index contributed by atoms with van der Waals surface area (Å²) in [6.07, 6.45) is 0. The van der Waals surface area contributed by atoms with Crippen molar-refractivity contribution in [3.63, 3.8) is 0 Å². The fraction of sp³-hybridized carbons (Fsp3) is 0.263. The molecule has 8 heteroatoms. The first kappa shape index (κ1) is 18.9. The monoisotopic (exact) mass is 386 g/mol. The zero-order chi connectivity index (χ0) is 19.1. The van der Waals surface area contributed by atoms with E-state index in [1.54, 1.807) is 13.2 Å². The minimum Gasteiger partial charge on any atom is -0.497 e. The Hall–Kier alpha value is -2.87. The van der Waals surface area contributed by atoms with Gasteiger partial charge in [0.05, 0.1) is 13.7 Å². The van der Waals surface area contributed by atoms with Crippen LogP contribution in [0.1, 0.15) is 11.4 Å². The molecule has 27 heavy (non-hydrogen) atoms. The van der Waals surface area contributed by atoms with E-state index in [-0.39, 0.29) is 6.61 Å². The lowest BCUT2D eigenvalue weighted by Gasteiger charge is -2.08. The van der Waals surface area contributed by atoms with Crippen LogP contribution in [-0.2, 0) is 6.61 Å². The van der Waals surface area contributed by atoms with Gasteiger partial charge in [0.1, 0.15) is 23.9 Å². The van der Waals surface area contributed by atoms with Crippen LogP contribution in [-0.4, -0.2) is 34.3 Å². The Kier molecular flexibility index (Phi) is 6.43. The molecule has 0 aliphatic carbocycles. The summed E-state index contributed by atoms with van der Waals surface area (Å²) in [5.41, 5.74) is 1.17. The number of benzene rings is 2. The van der Waals surface area contributed by atoms with Gasteiger partial charge < -0.3 is 20.1 Å². The van der Waals surface area contributed by atoms with Crippen LogP contribution < -0.4 is 20.1 Å². The van der Waals surface area contributed by atoms with Crippen LogP contribution in [0.25, 0.3) is 0 Å². The van der Waals surface area contributed by atoms with Crippen molar-refractivity contribution in [1.82, 2.24) is 14.9 Å². The molecule has 2 N–H and O–H groups in total. The fourth-order valence-electron chi connectivity index (χ4n) is 2.34. The summed E-state index contributed by atoms with van der Waals surface area (Å²) >= 11 is 1.48. The Bertz CT molecular complexity index is 885. The molecule has 0 saturated heterocycles. The predicted molar refractivity (Wildman–Crippen MR) is 105 cm³/mol. The molecule has 142 valence electrons. The molecule has 0 spiro atoms. The number of nitrogens with two attached hydrogens (primary N) is 1. The fourth-order valence-corrected chi connectivity index (χ4v) is 3.03. The molecule has 0 fully saturated rings. The zero-order valence-corrected chi connectivity index (χ0v) is 16.1. The lowest BCUT2D eigenvalue weighted by Crippen LogP contribution is -2.16. The number of nitrogen functional groups attached to an aromatic ring is 1. The molecule has 0 aliphatic heterocycles. The molecule has 0 unspecified atom stereocenters. The van der Waals surface area contributed by atoms with Gasteiger partial charge in [0, 0.05) is 11.8 Å². The Morgan fingerprint density at radius 2 is 1.74 bits per heavy atom. The van der Waals surface area contributed by atoms with E-state index in [0.717, 1.165) is 11.5 Å². The highest BCUT2D eigenvalue weighted by atomic mass is 32.2. The van der Waals surface area contributed by atoms with E-state index in [0.29, 0.717) is 29.1 Å². The Morgan fingerprint density at radius 1 is 1.00 bits per heavy atom. The van der Waals surface area contributed by atoms with Gasteiger partial charge in [-0.25, -0.2) is 4.68 Å². The van der Waals surface area contributed by atoms with Gasteiger partial charge in [-0.3, -0.25) is 0 Å². The molecular formula is C19H22N4O3S. The SMILES string of the molecule is COc1cccc(OCc2nnc(SCCOc3cccc(C)c3)n2N)c1. The quantitative estimate of drug-likeness (QED) is 0.344. The third-order valence-corrected chi connectivity index (χ3v) is 4.62. The average molecular weight is 386 g/mol. The van der Waals surface area contributed by atoms with E-state index in [9.17, 15) is 0 Å². The number of aryl methyl sites for hydroxylation is 1. The number of nitrogens with zero attached hydrogens (tertiary/aromatic N) is 3. The van der Waals surface area contributed by atoms with E-state index < -0.39 is 0 Å². The standard InChI is InChI=1S/C19H22N4O3S/c1-14-5-3-7-16(11-14)25-9-10-27-19-22-21-18(23(19)20)13-26-17-8-4-6-15(12-17)24-2/h3-8,11-12H,9-10,13,20H2,1-2H3. The lowest BCUT2D eigenvalue weighted by atomic mass is 10.2. The molecule has 0 amide bonds. The van der Waals surface area contributed by atoms with E-state index >= 15 is 0 Å². The second kappa shape index (κ2) is 9.18. The van der Waals surface area contributed by atoms with Crippen molar-refractivity contribution in [2.24, 2.45) is 0 Å². The highest BCUT2D eigenvalue weighted by Crippen LogP contribution is 2.21. The molecular weight excluding hydrogens is 364 g/mol. The van der Waals surface area contributed by atoms with Crippen LogP contribution in [0.3, 0.4) is 0 Å². The van der Waals surface area contributed by atoms with E-state index in [1.165, 1.54) is 22.0 Å². The first-order chi connectivity index (χ1) is 13.2. The second-order valence-corrected chi connectivity index (χ2v) is 6.81. The van der Waals surface area contributed by atoms with Crippen LogP contribution in [0.5, 0.6) is 17.2 Å². The van der Waals surface area contributed by atoms with Crippen LogP contribution >= 0.6 is 11.8 Å². The van der Waals surface area contributed by atoms with Crippen molar-refractivity contribution in [2.45, 2.75) is 18.7 Å². The molecule has 2 aromatic carbocycles. The van der Waals surface area contributed by atoms with Gasteiger partial charge in [0.15, 0.2) is 5.82 Å². The Labute approximate surface area is 162 Å². The third kappa shape index (κ3) is 5.30. The topological polar surface area (TPSA) is 84.4 Å². The van der Waals surface area contributed by atoms with Gasteiger partial charge in [-0.2, -0.15) is 0 Å². The number of hydrogen-bond acceptors (Lipinski definition) is 7. The highest BCUT2D eigenvalue weighted by Gasteiger charge is 2.11. The van der Waals surface area contributed by atoms with Crippen LogP contribution in [0.4, 0.5) is 0 Å². The molecule has 0 aliphatic rings. The lowest BCUT2D eigenvalue weighted by molar-refractivity contribution is 0.289. The maximum Gasteiger partial charge on any atom is 0.210 e. The number of rotatable bonds is 9. The largest absolute Gasteiger partial charge is 0.497 e. The van der Waals surface area contributed by atoms with Gasteiger partial charge in [0.2, 0.25) is 5.16 Å². The van der Waals surface area contributed by atoms with Crippen molar-refractivity contribution in [2.75, 3.05) is 25.3 Å². The maximum absolute atomic E-state index is 6.06. The molecule has 1 heterocycles. The van der Waals surface area contributed by atoms with Gasteiger partial charge in [-0.1, -0.05) is 30.0 Å². The van der Waals surface area contributed by atoms with Crippen LogP contribution in [0, 0.1) is 6.92 Å². The van der Waals surface area contributed by atoms with Gasteiger partial charge in [0.25, 0.3) is 0 Å². The number of thioether (sulfide) groups is 1. The van der Waals surface area contributed by atoms with Crippen molar-refractivity contribution in [3.05, 3.63) is 59.9 Å². The third-order valence-electron chi connectivity index (χ3n) is 3.72. The maximum atomic E-state index is 6.06. The van der Waals surface area contributed by atoms with Crippen molar-refractivity contribution < 1.29 is 14.2 Å². The summed E-state index contributed by atoms with van der Waals surface area (Å²) in [7, 11) is 1.61. The highest BCUT2D eigenvalue weighted by molar-refractivity contribution is 7.99. The number of methoxy groups -OCH3 is 1. The average Bonchev–Trinajstić information content (AvgIpc) is 3.03. The van der Waals surface area contributed by atoms with E-state index in [2.05, 4.69) is 10.2 Å². The van der Waals surface area contributed by atoms with Crippen molar-refractivity contribution in [1.29, 1.82) is 0 Å². The first-order valence-electron chi connectivity index (χ1n) is 8.44. The van der Waals surface area contributed by atoms with Crippen LogP contribution in [0.15, 0.2) is 53.7 Å².